The summed E-state index contributed by atoms with van der Waals surface area (Å²) in [6.45, 7) is 5.41. The molecule has 7 nitrogen and oxygen atoms in total. The topological polar surface area (TPSA) is 88.7 Å². The molecule has 0 bridgehead atoms. The maximum Gasteiger partial charge on any atom is 0.354 e. The van der Waals surface area contributed by atoms with Gasteiger partial charge in [-0.1, -0.05) is 0 Å². The van der Waals surface area contributed by atoms with Gasteiger partial charge in [-0.15, -0.1) is 0 Å². The van der Waals surface area contributed by atoms with Crippen LogP contribution < -0.4 is 5.32 Å². The van der Waals surface area contributed by atoms with E-state index in [1.807, 2.05) is 0 Å². The van der Waals surface area contributed by atoms with E-state index in [1.165, 1.54) is 12.8 Å². The van der Waals surface area contributed by atoms with Crippen LogP contribution in [0.3, 0.4) is 0 Å². The maximum atomic E-state index is 12.1. The largest absolute Gasteiger partial charge is 0.477 e. The number of rotatable bonds is 5. The predicted molar refractivity (Wildman–Crippen MR) is 79.8 cm³/mol. The molecule has 2 heterocycles. The zero-order valence-electron chi connectivity index (χ0n) is 12.5. The molecule has 0 radical (unpaired) electrons. The van der Waals surface area contributed by atoms with Crippen molar-refractivity contribution in [3.63, 3.8) is 0 Å². The fraction of sp³-hybridized carbons (Fsp3) is 0.571. The first-order valence-corrected chi connectivity index (χ1v) is 7.14. The standard InChI is InChI=1S/C14H22N4O3/c1-10-9-11(12(15-10)13(19)20)16-14(21)17(2)7-8-18-5-3-4-6-18/h9,15H,3-8H2,1-2H3,(H,16,21)(H,19,20). The number of carboxylic acids is 1. The van der Waals surface area contributed by atoms with Gasteiger partial charge in [0.1, 0.15) is 5.69 Å². The van der Waals surface area contributed by atoms with Gasteiger partial charge in [-0.05, 0) is 38.9 Å². The third-order valence-corrected chi connectivity index (χ3v) is 3.70. The van der Waals surface area contributed by atoms with Crippen molar-refractivity contribution in [2.45, 2.75) is 19.8 Å². The number of carbonyl (C=O) groups excluding carboxylic acids is 1. The van der Waals surface area contributed by atoms with Crippen LogP contribution >= 0.6 is 0 Å². The molecule has 1 aromatic heterocycles. The fourth-order valence-corrected chi connectivity index (χ4v) is 2.47. The quantitative estimate of drug-likeness (QED) is 0.769. The monoisotopic (exact) mass is 294 g/mol. The summed E-state index contributed by atoms with van der Waals surface area (Å²) < 4.78 is 0. The number of nitrogens with one attached hydrogen (secondary N) is 2. The van der Waals surface area contributed by atoms with E-state index in [-0.39, 0.29) is 11.7 Å². The summed E-state index contributed by atoms with van der Waals surface area (Å²) in [5, 5.41) is 11.7. The molecule has 2 rings (SSSR count). The van der Waals surface area contributed by atoms with Gasteiger partial charge in [0.05, 0.1) is 5.69 Å². The Bertz CT molecular complexity index is 520. The van der Waals surface area contributed by atoms with Crippen LogP contribution in [0.25, 0.3) is 0 Å². The number of H-pyrrole nitrogens is 1. The molecule has 3 N–H and O–H groups in total. The summed E-state index contributed by atoms with van der Waals surface area (Å²) in [6.07, 6.45) is 2.45. The number of anilines is 1. The van der Waals surface area contributed by atoms with Crippen LogP contribution in [0.15, 0.2) is 6.07 Å². The number of aromatic carboxylic acids is 1. The molecule has 0 unspecified atom stereocenters. The van der Waals surface area contributed by atoms with Gasteiger partial charge in [0.25, 0.3) is 0 Å². The van der Waals surface area contributed by atoms with Gasteiger partial charge in [-0.3, -0.25) is 0 Å². The van der Waals surface area contributed by atoms with Gasteiger partial charge in [0, 0.05) is 25.8 Å². The lowest BCUT2D eigenvalue weighted by Crippen LogP contribution is -2.37. The summed E-state index contributed by atoms with van der Waals surface area (Å²) in [5.41, 5.74) is 1.01. The SMILES string of the molecule is Cc1cc(NC(=O)N(C)CCN2CCCC2)c(C(=O)O)[nH]1. The molecule has 1 saturated heterocycles. The van der Waals surface area contributed by atoms with Crippen molar-refractivity contribution in [2.75, 3.05) is 38.5 Å². The molecule has 1 aliphatic heterocycles. The average Bonchev–Trinajstić information content (AvgIpc) is 3.05. The summed E-state index contributed by atoms with van der Waals surface area (Å²) >= 11 is 0. The number of hydrogen-bond donors (Lipinski definition) is 3. The van der Waals surface area contributed by atoms with Crippen LogP contribution in [0.2, 0.25) is 0 Å². The minimum atomic E-state index is -1.09. The highest BCUT2D eigenvalue weighted by atomic mass is 16.4. The Balaban J connectivity index is 1.89. The van der Waals surface area contributed by atoms with E-state index in [0.29, 0.717) is 17.9 Å². The lowest BCUT2D eigenvalue weighted by Gasteiger charge is -2.21. The summed E-state index contributed by atoms with van der Waals surface area (Å²) in [6, 6.07) is 1.33. The Hall–Kier alpha value is -2.02. The second-order valence-corrected chi connectivity index (χ2v) is 5.45. The maximum absolute atomic E-state index is 12.1. The van der Waals surface area contributed by atoms with Crippen molar-refractivity contribution in [1.82, 2.24) is 14.8 Å². The molecule has 0 saturated carbocycles. The summed E-state index contributed by atoms with van der Waals surface area (Å²) in [7, 11) is 1.71. The third kappa shape index (κ3) is 3.98. The minimum absolute atomic E-state index is 0.00814. The Morgan fingerprint density at radius 1 is 1.43 bits per heavy atom. The van der Waals surface area contributed by atoms with Gasteiger partial charge >= 0.3 is 12.0 Å². The van der Waals surface area contributed by atoms with Crippen molar-refractivity contribution in [3.05, 3.63) is 17.5 Å². The first kappa shape index (κ1) is 15.4. The second kappa shape index (κ2) is 6.62. The number of aromatic nitrogens is 1. The molecule has 21 heavy (non-hydrogen) atoms. The zero-order chi connectivity index (χ0) is 15.4. The summed E-state index contributed by atoms with van der Waals surface area (Å²) in [5.74, 6) is -1.09. The molecule has 0 aromatic carbocycles. The number of aromatic amines is 1. The number of likely N-dealkylation sites (tertiary alicyclic amines) is 1. The van der Waals surface area contributed by atoms with E-state index in [9.17, 15) is 9.59 Å². The normalized spacial score (nSPS) is 15.1. The highest BCUT2D eigenvalue weighted by molar-refractivity contribution is 5.99. The van der Waals surface area contributed by atoms with E-state index in [0.717, 1.165) is 19.6 Å². The van der Waals surface area contributed by atoms with Gasteiger partial charge in [0.15, 0.2) is 0 Å². The Morgan fingerprint density at radius 2 is 2.10 bits per heavy atom. The van der Waals surface area contributed by atoms with Crippen LogP contribution in [0.4, 0.5) is 10.5 Å². The number of amides is 2. The van der Waals surface area contributed by atoms with Gasteiger partial charge in [0.2, 0.25) is 0 Å². The van der Waals surface area contributed by atoms with Gasteiger partial charge in [-0.25, -0.2) is 9.59 Å². The number of carboxylic acid groups (broad SMARTS) is 1. The molecular formula is C14H22N4O3. The molecule has 1 aliphatic rings. The van der Waals surface area contributed by atoms with Crippen molar-refractivity contribution in [2.24, 2.45) is 0 Å². The lowest BCUT2D eigenvalue weighted by atomic mass is 10.3. The first-order chi connectivity index (χ1) is 9.97. The van der Waals surface area contributed by atoms with Crippen molar-refractivity contribution in [3.8, 4) is 0 Å². The van der Waals surface area contributed by atoms with Crippen LogP contribution in [0, 0.1) is 6.92 Å². The number of carbonyl (C=O) groups is 2. The lowest BCUT2D eigenvalue weighted by molar-refractivity contribution is 0.0692. The molecule has 1 aromatic rings. The number of nitrogens with zero attached hydrogens (tertiary/aromatic N) is 2. The number of hydrogen-bond acceptors (Lipinski definition) is 3. The molecule has 1 fully saturated rings. The van der Waals surface area contributed by atoms with Gasteiger partial charge in [-0.2, -0.15) is 0 Å². The van der Waals surface area contributed by atoms with E-state index in [1.54, 1.807) is 24.9 Å². The smallest absolute Gasteiger partial charge is 0.354 e. The molecule has 0 spiro atoms. The molecule has 2 amide bonds. The molecule has 0 atom stereocenters. The third-order valence-electron chi connectivity index (χ3n) is 3.70. The van der Waals surface area contributed by atoms with Crippen molar-refractivity contribution < 1.29 is 14.7 Å². The highest BCUT2D eigenvalue weighted by Crippen LogP contribution is 2.17. The predicted octanol–water partition coefficient (Wildman–Crippen LogP) is 1.58. The minimum Gasteiger partial charge on any atom is -0.477 e. The molecule has 0 aliphatic carbocycles. The average molecular weight is 294 g/mol. The van der Waals surface area contributed by atoms with Crippen LogP contribution in [-0.4, -0.2) is 65.1 Å². The number of urea groups is 1. The first-order valence-electron chi connectivity index (χ1n) is 7.14. The highest BCUT2D eigenvalue weighted by Gasteiger charge is 2.18. The van der Waals surface area contributed by atoms with Crippen molar-refractivity contribution in [1.29, 1.82) is 0 Å². The second-order valence-electron chi connectivity index (χ2n) is 5.45. The number of likely N-dealkylation sites (N-methyl/N-ethyl adjacent to an activating group) is 1. The molecule has 7 heteroatoms. The van der Waals surface area contributed by atoms with E-state index >= 15 is 0 Å². The molecule has 116 valence electrons. The fourth-order valence-electron chi connectivity index (χ4n) is 2.47. The zero-order valence-corrected chi connectivity index (χ0v) is 12.5. The van der Waals surface area contributed by atoms with E-state index < -0.39 is 5.97 Å². The van der Waals surface area contributed by atoms with Gasteiger partial charge < -0.3 is 25.2 Å². The van der Waals surface area contributed by atoms with Crippen molar-refractivity contribution >= 4 is 17.7 Å². The Kier molecular flexibility index (Phi) is 4.85. The number of aryl methyl sites for hydroxylation is 1. The van der Waals surface area contributed by atoms with E-state index in [2.05, 4.69) is 15.2 Å². The molecular weight excluding hydrogens is 272 g/mol. The Morgan fingerprint density at radius 3 is 2.71 bits per heavy atom. The van der Waals surface area contributed by atoms with Crippen LogP contribution in [0.1, 0.15) is 29.0 Å². The Labute approximate surface area is 123 Å². The van der Waals surface area contributed by atoms with Crippen LogP contribution in [-0.2, 0) is 0 Å². The van der Waals surface area contributed by atoms with E-state index in [4.69, 9.17) is 5.11 Å². The summed E-state index contributed by atoms with van der Waals surface area (Å²) in [4.78, 5) is 29.8. The van der Waals surface area contributed by atoms with Crippen LogP contribution in [0.5, 0.6) is 0 Å².